The Kier molecular flexibility index (Phi) is 4.87. The number of aromatic nitrogens is 3. The Morgan fingerprint density at radius 1 is 1.42 bits per heavy atom. The number of nitrogens with zero attached hydrogens (tertiary/aromatic N) is 3. The maximum absolute atomic E-state index is 13.3. The van der Waals surface area contributed by atoms with Crippen LogP contribution in [0.2, 0.25) is 0 Å². The number of pyridine rings is 1. The number of rotatable bonds is 5. The molecule has 0 bridgehead atoms. The first kappa shape index (κ1) is 14.4. The summed E-state index contributed by atoms with van der Waals surface area (Å²) in [5.74, 6) is 0.892. The molecule has 2 aromatic heterocycles. The van der Waals surface area contributed by atoms with E-state index in [1.165, 1.54) is 12.3 Å². The van der Waals surface area contributed by atoms with Crippen molar-refractivity contribution in [2.45, 2.75) is 20.4 Å². The largest absolute Gasteiger partial charge is 0.312 e. The second kappa shape index (κ2) is 6.42. The van der Waals surface area contributed by atoms with Gasteiger partial charge in [0.05, 0.1) is 16.0 Å². The lowest BCUT2D eigenvalue weighted by molar-refractivity contribution is 0.546. The van der Waals surface area contributed by atoms with Crippen molar-refractivity contribution < 1.29 is 4.39 Å². The normalized spacial score (nSPS) is 11.2. The van der Waals surface area contributed by atoms with Gasteiger partial charge in [0, 0.05) is 18.3 Å². The summed E-state index contributed by atoms with van der Waals surface area (Å²) >= 11 is 2.18. The molecule has 0 aliphatic rings. The number of halogens is 2. The van der Waals surface area contributed by atoms with Crippen molar-refractivity contribution in [1.29, 1.82) is 0 Å². The van der Waals surface area contributed by atoms with Gasteiger partial charge < -0.3 is 5.32 Å². The number of hydrogen-bond acceptors (Lipinski definition) is 3. The first-order valence-electron chi connectivity index (χ1n) is 6.12. The SMILES string of the molecule is CC(C)CNCc1cc(F)cnc1-n1cc(I)cn1. The van der Waals surface area contributed by atoms with Gasteiger partial charge in [0.15, 0.2) is 5.82 Å². The molecular formula is C13H16FIN4. The molecule has 1 N–H and O–H groups in total. The topological polar surface area (TPSA) is 42.7 Å². The molecule has 0 spiro atoms. The van der Waals surface area contributed by atoms with Gasteiger partial charge in [-0.1, -0.05) is 13.8 Å². The molecule has 0 fully saturated rings. The molecule has 0 radical (unpaired) electrons. The third kappa shape index (κ3) is 3.97. The summed E-state index contributed by atoms with van der Waals surface area (Å²) in [6.07, 6.45) is 4.83. The first-order valence-corrected chi connectivity index (χ1v) is 7.20. The molecule has 2 rings (SSSR count). The molecule has 4 nitrogen and oxygen atoms in total. The predicted octanol–water partition coefficient (Wildman–Crippen LogP) is 2.76. The van der Waals surface area contributed by atoms with Crippen LogP contribution in [0.25, 0.3) is 5.82 Å². The van der Waals surface area contributed by atoms with Crippen molar-refractivity contribution in [1.82, 2.24) is 20.1 Å². The molecule has 102 valence electrons. The highest BCUT2D eigenvalue weighted by Crippen LogP contribution is 2.14. The molecule has 0 saturated heterocycles. The Bertz CT molecular complexity index is 553. The van der Waals surface area contributed by atoms with Crippen molar-refractivity contribution in [3.63, 3.8) is 0 Å². The summed E-state index contributed by atoms with van der Waals surface area (Å²) in [6, 6.07) is 1.50. The fraction of sp³-hybridized carbons (Fsp3) is 0.385. The predicted molar refractivity (Wildman–Crippen MR) is 80.6 cm³/mol. The summed E-state index contributed by atoms with van der Waals surface area (Å²) < 4.78 is 16.0. The van der Waals surface area contributed by atoms with E-state index in [4.69, 9.17) is 0 Å². The van der Waals surface area contributed by atoms with E-state index < -0.39 is 0 Å². The minimum Gasteiger partial charge on any atom is -0.312 e. The van der Waals surface area contributed by atoms with E-state index >= 15 is 0 Å². The Hall–Kier alpha value is -1.02. The third-order valence-electron chi connectivity index (χ3n) is 2.55. The molecule has 0 aliphatic heterocycles. The Labute approximate surface area is 125 Å². The fourth-order valence-corrected chi connectivity index (χ4v) is 2.11. The van der Waals surface area contributed by atoms with Crippen molar-refractivity contribution in [3.05, 3.63) is 39.6 Å². The fourth-order valence-electron chi connectivity index (χ4n) is 1.72. The second-order valence-corrected chi connectivity index (χ2v) is 6.01. The van der Waals surface area contributed by atoms with Crippen LogP contribution in [-0.2, 0) is 6.54 Å². The molecule has 2 heterocycles. The standard InChI is InChI=1S/C13H16FIN4/c1-9(2)4-16-5-10-3-11(14)6-17-13(10)19-8-12(15)7-18-19/h3,6-9,16H,4-5H2,1-2H3. The van der Waals surface area contributed by atoms with Crippen molar-refractivity contribution >= 4 is 22.6 Å². The monoisotopic (exact) mass is 374 g/mol. The second-order valence-electron chi connectivity index (χ2n) is 4.76. The van der Waals surface area contributed by atoms with Crippen LogP contribution in [0.5, 0.6) is 0 Å². The molecule has 0 unspecified atom stereocenters. The van der Waals surface area contributed by atoms with Crippen LogP contribution in [0.3, 0.4) is 0 Å². The summed E-state index contributed by atoms with van der Waals surface area (Å²) in [4.78, 5) is 4.14. The van der Waals surface area contributed by atoms with Crippen LogP contribution in [0.4, 0.5) is 4.39 Å². The number of hydrogen-bond donors (Lipinski definition) is 1. The summed E-state index contributed by atoms with van der Waals surface area (Å²) in [5, 5.41) is 7.51. The summed E-state index contributed by atoms with van der Waals surface area (Å²) in [6.45, 7) is 5.72. The molecule has 0 saturated carbocycles. The molecular weight excluding hydrogens is 358 g/mol. The van der Waals surface area contributed by atoms with Gasteiger partial charge in [-0.05, 0) is 41.1 Å². The van der Waals surface area contributed by atoms with E-state index in [1.807, 2.05) is 6.20 Å². The zero-order valence-electron chi connectivity index (χ0n) is 10.9. The molecule has 0 amide bonds. The molecule has 19 heavy (non-hydrogen) atoms. The van der Waals surface area contributed by atoms with Crippen LogP contribution in [0.1, 0.15) is 19.4 Å². The highest BCUT2D eigenvalue weighted by molar-refractivity contribution is 14.1. The maximum Gasteiger partial charge on any atom is 0.158 e. The Balaban J connectivity index is 2.23. The van der Waals surface area contributed by atoms with E-state index in [9.17, 15) is 4.39 Å². The zero-order chi connectivity index (χ0) is 13.8. The lowest BCUT2D eigenvalue weighted by Crippen LogP contribution is -2.20. The van der Waals surface area contributed by atoms with Gasteiger partial charge in [0.2, 0.25) is 0 Å². The summed E-state index contributed by atoms with van der Waals surface area (Å²) in [7, 11) is 0. The average Bonchev–Trinajstić information content (AvgIpc) is 2.75. The van der Waals surface area contributed by atoms with Crippen molar-refractivity contribution in [2.75, 3.05) is 6.54 Å². The van der Waals surface area contributed by atoms with Gasteiger partial charge >= 0.3 is 0 Å². The summed E-state index contributed by atoms with van der Waals surface area (Å²) in [5.41, 5.74) is 0.806. The quantitative estimate of drug-likeness (QED) is 0.819. The van der Waals surface area contributed by atoms with Gasteiger partial charge in [-0.25, -0.2) is 14.1 Å². The van der Waals surface area contributed by atoms with Crippen LogP contribution in [0.15, 0.2) is 24.7 Å². The maximum atomic E-state index is 13.3. The third-order valence-corrected chi connectivity index (χ3v) is 3.10. The van der Waals surface area contributed by atoms with Gasteiger partial charge in [0.25, 0.3) is 0 Å². The van der Waals surface area contributed by atoms with Gasteiger partial charge in [0.1, 0.15) is 5.82 Å². The zero-order valence-corrected chi connectivity index (χ0v) is 13.1. The van der Waals surface area contributed by atoms with Crippen LogP contribution < -0.4 is 5.32 Å². The smallest absolute Gasteiger partial charge is 0.158 e. The Morgan fingerprint density at radius 2 is 2.21 bits per heavy atom. The highest BCUT2D eigenvalue weighted by Gasteiger charge is 2.09. The molecule has 0 aliphatic carbocycles. The van der Waals surface area contributed by atoms with E-state index in [0.717, 1.165) is 15.7 Å². The lowest BCUT2D eigenvalue weighted by atomic mass is 10.2. The van der Waals surface area contributed by atoms with Crippen molar-refractivity contribution in [3.8, 4) is 5.82 Å². The van der Waals surface area contributed by atoms with E-state index in [0.29, 0.717) is 18.3 Å². The van der Waals surface area contributed by atoms with Gasteiger partial charge in [-0.2, -0.15) is 5.10 Å². The molecule has 0 atom stereocenters. The van der Waals surface area contributed by atoms with Crippen molar-refractivity contribution in [2.24, 2.45) is 5.92 Å². The van der Waals surface area contributed by atoms with Crippen LogP contribution in [0, 0.1) is 15.3 Å². The molecule has 0 aromatic carbocycles. The lowest BCUT2D eigenvalue weighted by Gasteiger charge is -2.11. The average molecular weight is 374 g/mol. The minimum absolute atomic E-state index is 0.327. The van der Waals surface area contributed by atoms with E-state index in [2.05, 4.69) is 51.8 Å². The minimum atomic E-state index is -0.327. The van der Waals surface area contributed by atoms with E-state index in [1.54, 1.807) is 10.9 Å². The van der Waals surface area contributed by atoms with Crippen LogP contribution in [-0.4, -0.2) is 21.3 Å². The molecule has 2 aromatic rings. The number of nitrogens with one attached hydrogen (secondary N) is 1. The Morgan fingerprint density at radius 3 is 2.84 bits per heavy atom. The first-order chi connectivity index (χ1) is 9.06. The van der Waals surface area contributed by atoms with Gasteiger partial charge in [-0.3, -0.25) is 0 Å². The van der Waals surface area contributed by atoms with Crippen LogP contribution >= 0.6 is 22.6 Å². The van der Waals surface area contributed by atoms with E-state index in [-0.39, 0.29) is 5.82 Å². The highest BCUT2D eigenvalue weighted by atomic mass is 127. The van der Waals surface area contributed by atoms with Gasteiger partial charge in [-0.15, -0.1) is 0 Å². The molecule has 6 heteroatoms.